The Morgan fingerprint density at radius 1 is 0.533 bits per heavy atom. The molecule has 158 valence electrons. The van der Waals surface area contributed by atoms with Gasteiger partial charge < -0.3 is 0 Å². The molecule has 0 bridgehead atoms. The molecule has 0 aliphatic rings. The SMILES string of the molecule is COCCOCCOCC[CH2][Sn]([c]1ccccc1)([c]1ccccc1)[c]1ccccc1. The number of hydrogen-bond donors (Lipinski definition) is 0. The van der Waals surface area contributed by atoms with Gasteiger partial charge in [-0.3, -0.25) is 0 Å². The maximum absolute atomic E-state index is 5.88. The van der Waals surface area contributed by atoms with Gasteiger partial charge in [-0.25, -0.2) is 0 Å². The van der Waals surface area contributed by atoms with Crippen molar-refractivity contribution in [2.45, 2.75) is 10.9 Å². The fourth-order valence-electron chi connectivity index (χ4n) is 4.00. The molecule has 0 saturated carbocycles. The zero-order valence-electron chi connectivity index (χ0n) is 17.8. The Bertz CT molecular complexity index is 728. The standard InChI is InChI=1S/C8H17O3.3C6H5.Sn/c1-3-4-10-7-8-11-6-5-9-2;3*1-2-4-6-5-3-1;/h1,3-8H2,2H3;3*1-5H;. The van der Waals surface area contributed by atoms with Crippen LogP contribution in [0.25, 0.3) is 0 Å². The summed E-state index contributed by atoms with van der Waals surface area (Å²) < 4.78 is 22.1. The third-order valence-corrected chi connectivity index (χ3v) is 19.9. The van der Waals surface area contributed by atoms with Crippen molar-refractivity contribution >= 4 is 29.1 Å². The van der Waals surface area contributed by atoms with Gasteiger partial charge in [0.05, 0.1) is 0 Å². The van der Waals surface area contributed by atoms with E-state index in [0.717, 1.165) is 13.0 Å². The molecule has 3 nitrogen and oxygen atoms in total. The molecule has 0 aliphatic heterocycles. The van der Waals surface area contributed by atoms with Gasteiger partial charge in [0.2, 0.25) is 0 Å². The van der Waals surface area contributed by atoms with Crippen LogP contribution in [0.15, 0.2) is 91.0 Å². The topological polar surface area (TPSA) is 27.7 Å². The van der Waals surface area contributed by atoms with Crippen molar-refractivity contribution in [3.63, 3.8) is 0 Å². The summed E-state index contributed by atoms with van der Waals surface area (Å²) in [6.45, 7) is 3.26. The van der Waals surface area contributed by atoms with Crippen molar-refractivity contribution in [2.75, 3.05) is 40.1 Å². The molecule has 0 fully saturated rings. The second-order valence-corrected chi connectivity index (χ2v) is 18.9. The molecular formula is C26H32O3Sn. The molecule has 30 heavy (non-hydrogen) atoms. The van der Waals surface area contributed by atoms with E-state index in [0.29, 0.717) is 26.4 Å². The molecule has 0 atom stereocenters. The van der Waals surface area contributed by atoms with Crippen LogP contribution in [0.3, 0.4) is 0 Å². The predicted octanol–water partition coefficient (Wildman–Crippen LogP) is 3.23. The molecule has 0 heterocycles. The summed E-state index contributed by atoms with van der Waals surface area (Å²) in [6, 6.07) is 33.4. The average Bonchev–Trinajstić information content (AvgIpc) is 2.82. The van der Waals surface area contributed by atoms with Crippen molar-refractivity contribution in [1.82, 2.24) is 0 Å². The maximum atomic E-state index is 5.88. The number of methoxy groups -OCH3 is 1. The Labute approximate surface area is 184 Å². The van der Waals surface area contributed by atoms with Crippen LogP contribution in [0.4, 0.5) is 0 Å². The molecule has 0 aromatic heterocycles. The summed E-state index contributed by atoms with van der Waals surface area (Å²) in [5.74, 6) is 0. The van der Waals surface area contributed by atoms with Crippen molar-refractivity contribution in [3.8, 4) is 0 Å². The van der Waals surface area contributed by atoms with Crippen LogP contribution in [0.2, 0.25) is 4.44 Å². The number of hydrogen-bond acceptors (Lipinski definition) is 3. The molecular weight excluding hydrogens is 479 g/mol. The predicted molar refractivity (Wildman–Crippen MR) is 127 cm³/mol. The zero-order valence-corrected chi connectivity index (χ0v) is 20.7. The van der Waals surface area contributed by atoms with Crippen LogP contribution in [0.5, 0.6) is 0 Å². The number of benzene rings is 3. The van der Waals surface area contributed by atoms with Gasteiger partial charge >= 0.3 is 185 Å². The van der Waals surface area contributed by atoms with Gasteiger partial charge in [0, 0.05) is 0 Å². The summed E-state index contributed by atoms with van der Waals surface area (Å²) in [7, 11) is 1.68. The van der Waals surface area contributed by atoms with E-state index in [2.05, 4.69) is 91.0 Å². The molecule has 0 radical (unpaired) electrons. The van der Waals surface area contributed by atoms with E-state index in [-0.39, 0.29) is 0 Å². The van der Waals surface area contributed by atoms with E-state index in [4.69, 9.17) is 14.2 Å². The summed E-state index contributed by atoms with van der Waals surface area (Å²) in [6.07, 6.45) is 1.05. The van der Waals surface area contributed by atoms with Crippen molar-refractivity contribution in [2.24, 2.45) is 0 Å². The van der Waals surface area contributed by atoms with Crippen LogP contribution >= 0.6 is 0 Å². The van der Waals surface area contributed by atoms with Crippen molar-refractivity contribution in [3.05, 3.63) is 91.0 Å². The second-order valence-electron chi connectivity index (χ2n) is 7.32. The summed E-state index contributed by atoms with van der Waals surface area (Å²) >= 11 is -3.13. The quantitative estimate of drug-likeness (QED) is 0.261. The van der Waals surface area contributed by atoms with Crippen LogP contribution in [-0.4, -0.2) is 58.5 Å². The molecule has 0 amide bonds. The molecule has 0 unspecified atom stereocenters. The van der Waals surface area contributed by atoms with Gasteiger partial charge in [0.15, 0.2) is 0 Å². The Morgan fingerprint density at radius 2 is 0.933 bits per heavy atom. The molecule has 0 spiro atoms. The molecule has 3 aromatic carbocycles. The normalized spacial score (nSPS) is 11.5. The van der Waals surface area contributed by atoms with E-state index < -0.39 is 18.4 Å². The molecule has 0 saturated heterocycles. The first-order valence-electron chi connectivity index (χ1n) is 10.7. The van der Waals surface area contributed by atoms with Crippen LogP contribution in [0.1, 0.15) is 6.42 Å². The van der Waals surface area contributed by atoms with Crippen molar-refractivity contribution < 1.29 is 14.2 Å². The van der Waals surface area contributed by atoms with Gasteiger partial charge in [-0.2, -0.15) is 0 Å². The van der Waals surface area contributed by atoms with Crippen LogP contribution < -0.4 is 10.7 Å². The fraction of sp³-hybridized carbons (Fsp3) is 0.308. The Morgan fingerprint density at radius 3 is 1.37 bits per heavy atom. The first-order chi connectivity index (χ1) is 14.9. The summed E-state index contributed by atoms with van der Waals surface area (Å²) in [5, 5.41) is 0. The van der Waals surface area contributed by atoms with E-state index in [9.17, 15) is 0 Å². The van der Waals surface area contributed by atoms with Crippen LogP contribution in [-0.2, 0) is 14.2 Å². The van der Waals surface area contributed by atoms with Crippen LogP contribution in [0, 0.1) is 0 Å². The molecule has 3 rings (SSSR count). The van der Waals surface area contributed by atoms with Gasteiger partial charge in [0.1, 0.15) is 0 Å². The fourth-order valence-corrected chi connectivity index (χ4v) is 17.8. The number of ether oxygens (including phenoxy) is 3. The summed E-state index contributed by atoms with van der Waals surface area (Å²) in [5.41, 5.74) is 0. The summed E-state index contributed by atoms with van der Waals surface area (Å²) in [4.78, 5) is 0. The Balaban J connectivity index is 1.77. The van der Waals surface area contributed by atoms with Crippen molar-refractivity contribution in [1.29, 1.82) is 0 Å². The van der Waals surface area contributed by atoms with Gasteiger partial charge in [-0.1, -0.05) is 0 Å². The average molecular weight is 511 g/mol. The van der Waals surface area contributed by atoms with Gasteiger partial charge in [0.25, 0.3) is 0 Å². The molecule has 3 aromatic rings. The number of rotatable bonds is 13. The first kappa shape index (κ1) is 23.0. The zero-order chi connectivity index (χ0) is 20.9. The van der Waals surface area contributed by atoms with E-state index in [1.165, 1.54) is 15.2 Å². The minimum atomic E-state index is -3.13. The van der Waals surface area contributed by atoms with Gasteiger partial charge in [-0.15, -0.1) is 0 Å². The molecule has 0 N–H and O–H groups in total. The first-order valence-corrected chi connectivity index (χ1v) is 17.0. The Kier molecular flexibility index (Phi) is 9.90. The third-order valence-electron chi connectivity index (χ3n) is 5.44. The third kappa shape index (κ3) is 6.17. The molecule has 0 aliphatic carbocycles. The van der Waals surface area contributed by atoms with Gasteiger partial charge in [-0.05, 0) is 0 Å². The molecule has 4 heteroatoms. The van der Waals surface area contributed by atoms with E-state index in [1.54, 1.807) is 7.11 Å². The van der Waals surface area contributed by atoms with E-state index >= 15 is 0 Å². The monoisotopic (exact) mass is 512 g/mol. The minimum absolute atomic E-state index is 0.619. The second kappa shape index (κ2) is 12.9. The Hall–Kier alpha value is -1.66. The van der Waals surface area contributed by atoms with E-state index in [1.807, 2.05) is 0 Å².